The van der Waals surface area contributed by atoms with E-state index in [9.17, 15) is 9.59 Å². The van der Waals surface area contributed by atoms with Crippen LogP contribution in [-0.4, -0.2) is 23.3 Å². The van der Waals surface area contributed by atoms with Gasteiger partial charge < -0.3 is 10.2 Å². The second-order valence-corrected chi connectivity index (χ2v) is 9.01. The van der Waals surface area contributed by atoms with E-state index in [1.54, 1.807) is 35.6 Å². The number of hydrogen-bond acceptors (Lipinski definition) is 4. The number of likely N-dealkylation sites (tertiary alicyclic amines) is 1. The van der Waals surface area contributed by atoms with Crippen LogP contribution in [0, 0.1) is 6.92 Å². The predicted octanol–water partition coefficient (Wildman–Crippen LogP) is 6.00. The van der Waals surface area contributed by atoms with E-state index in [1.807, 2.05) is 17.9 Å². The van der Waals surface area contributed by atoms with E-state index in [4.69, 9.17) is 11.6 Å². The van der Waals surface area contributed by atoms with Crippen LogP contribution in [0.15, 0.2) is 47.2 Å². The summed E-state index contributed by atoms with van der Waals surface area (Å²) in [5.41, 5.74) is 2.50. The first-order valence-electron chi connectivity index (χ1n) is 9.04. The number of carbonyl (C=O) groups excluding carboxylic acids is 2. The van der Waals surface area contributed by atoms with Gasteiger partial charge >= 0.3 is 0 Å². The van der Waals surface area contributed by atoms with Crippen LogP contribution < -0.4 is 5.32 Å². The topological polar surface area (TPSA) is 49.4 Å². The summed E-state index contributed by atoms with van der Waals surface area (Å²) in [6, 6.07) is 11.0. The van der Waals surface area contributed by atoms with Gasteiger partial charge in [-0.2, -0.15) is 11.3 Å². The van der Waals surface area contributed by atoms with Gasteiger partial charge in [-0.3, -0.25) is 9.59 Å². The number of anilines is 1. The zero-order chi connectivity index (χ0) is 19.7. The third kappa shape index (κ3) is 3.72. The Morgan fingerprint density at radius 2 is 2.07 bits per heavy atom. The Bertz CT molecular complexity index is 1010. The Hall–Kier alpha value is -2.15. The van der Waals surface area contributed by atoms with Gasteiger partial charge in [-0.05, 0) is 65.9 Å². The molecule has 0 aliphatic carbocycles. The number of hydrogen-bond donors (Lipinski definition) is 1. The van der Waals surface area contributed by atoms with Crippen LogP contribution in [0.3, 0.4) is 0 Å². The highest BCUT2D eigenvalue weighted by atomic mass is 35.5. The zero-order valence-electron chi connectivity index (χ0n) is 15.3. The molecule has 3 heterocycles. The summed E-state index contributed by atoms with van der Waals surface area (Å²) in [5, 5.41) is 8.09. The van der Waals surface area contributed by atoms with Crippen molar-refractivity contribution in [3.63, 3.8) is 0 Å². The van der Waals surface area contributed by atoms with E-state index in [0.717, 1.165) is 24.9 Å². The monoisotopic (exact) mass is 430 g/mol. The first-order valence-corrected chi connectivity index (χ1v) is 11.2. The number of rotatable bonds is 4. The molecule has 2 aromatic heterocycles. The average molecular weight is 431 g/mol. The average Bonchev–Trinajstić information content (AvgIpc) is 3.42. The number of carbonyl (C=O) groups is 2. The fraction of sp³-hybridized carbons (Fsp3) is 0.238. The van der Waals surface area contributed by atoms with Crippen LogP contribution >= 0.6 is 34.3 Å². The lowest BCUT2D eigenvalue weighted by Gasteiger charge is -2.24. The fourth-order valence-electron chi connectivity index (χ4n) is 3.53. The van der Waals surface area contributed by atoms with Crippen LogP contribution in [0.1, 0.15) is 50.0 Å². The van der Waals surface area contributed by atoms with Crippen molar-refractivity contribution in [3.05, 3.63) is 73.7 Å². The van der Waals surface area contributed by atoms with E-state index in [2.05, 4.69) is 22.1 Å². The maximum atomic E-state index is 13.2. The molecule has 1 aliphatic rings. The Morgan fingerprint density at radius 3 is 2.82 bits per heavy atom. The molecular weight excluding hydrogens is 412 g/mol. The molecule has 1 unspecified atom stereocenters. The number of amides is 2. The molecule has 3 aromatic rings. The largest absolute Gasteiger partial charge is 0.331 e. The lowest BCUT2D eigenvalue weighted by atomic mass is 10.1. The molecule has 144 valence electrons. The predicted molar refractivity (Wildman–Crippen MR) is 116 cm³/mol. The van der Waals surface area contributed by atoms with Gasteiger partial charge in [0.15, 0.2) is 0 Å². The van der Waals surface area contributed by atoms with E-state index >= 15 is 0 Å². The highest BCUT2D eigenvalue weighted by Gasteiger charge is 2.32. The highest BCUT2D eigenvalue weighted by molar-refractivity contribution is 7.18. The minimum Gasteiger partial charge on any atom is -0.331 e. The van der Waals surface area contributed by atoms with E-state index in [-0.39, 0.29) is 17.9 Å². The molecule has 0 saturated carbocycles. The van der Waals surface area contributed by atoms with Crippen LogP contribution in [0.2, 0.25) is 5.02 Å². The molecule has 1 fully saturated rings. The molecule has 0 radical (unpaired) electrons. The van der Waals surface area contributed by atoms with E-state index in [1.165, 1.54) is 16.9 Å². The lowest BCUT2D eigenvalue weighted by molar-refractivity contribution is 0.0740. The van der Waals surface area contributed by atoms with Crippen molar-refractivity contribution in [2.75, 3.05) is 11.9 Å². The molecule has 7 heteroatoms. The number of benzene rings is 1. The van der Waals surface area contributed by atoms with Crippen LogP contribution in [0.5, 0.6) is 0 Å². The molecule has 1 N–H and O–H groups in total. The first-order chi connectivity index (χ1) is 13.5. The molecule has 4 nitrogen and oxygen atoms in total. The number of nitrogens with zero attached hydrogens (tertiary/aromatic N) is 1. The van der Waals surface area contributed by atoms with Crippen molar-refractivity contribution in [1.82, 2.24) is 4.90 Å². The molecule has 2 amide bonds. The first kappa shape index (κ1) is 19.2. The zero-order valence-corrected chi connectivity index (χ0v) is 17.7. The van der Waals surface area contributed by atoms with Crippen LogP contribution in [0.25, 0.3) is 0 Å². The third-order valence-corrected chi connectivity index (χ3v) is 7.08. The Morgan fingerprint density at radius 1 is 1.25 bits per heavy atom. The lowest BCUT2D eigenvalue weighted by Crippen LogP contribution is -2.30. The summed E-state index contributed by atoms with van der Waals surface area (Å²) < 4.78 is 0. The van der Waals surface area contributed by atoms with Crippen molar-refractivity contribution in [2.45, 2.75) is 25.8 Å². The standard InChI is InChI=1S/C21H19ClN2O2S2/c1-13-11-18(23-20(25)15-5-2-3-6-16(15)22)28-19(13)21(26)24-9-4-7-17(24)14-8-10-27-12-14/h2-3,5-6,8,10-12,17H,4,7,9H2,1H3,(H,23,25). The van der Waals surface area contributed by atoms with Gasteiger partial charge in [-0.15, -0.1) is 11.3 Å². The van der Waals surface area contributed by atoms with E-state index < -0.39 is 0 Å². The van der Waals surface area contributed by atoms with Gasteiger partial charge in [0.1, 0.15) is 0 Å². The normalized spacial score (nSPS) is 16.4. The van der Waals surface area contributed by atoms with Gasteiger partial charge in [0.25, 0.3) is 11.8 Å². The van der Waals surface area contributed by atoms with E-state index in [0.29, 0.717) is 20.5 Å². The van der Waals surface area contributed by atoms with Crippen molar-refractivity contribution in [2.24, 2.45) is 0 Å². The SMILES string of the molecule is Cc1cc(NC(=O)c2ccccc2Cl)sc1C(=O)N1CCCC1c1ccsc1. The van der Waals surface area contributed by atoms with Gasteiger partial charge in [-0.1, -0.05) is 23.7 Å². The third-order valence-electron chi connectivity index (χ3n) is 4.91. The smallest absolute Gasteiger partial charge is 0.264 e. The van der Waals surface area contributed by atoms with Crippen LogP contribution in [0.4, 0.5) is 5.00 Å². The van der Waals surface area contributed by atoms with Gasteiger partial charge in [-0.25, -0.2) is 0 Å². The van der Waals surface area contributed by atoms with Gasteiger partial charge in [0, 0.05) is 6.54 Å². The summed E-state index contributed by atoms with van der Waals surface area (Å²) in [4.78, 5) is 28.3. The quantitative estimate of drug-likeness (QED) is 0.551. The van der Waals surface area contributed by atoms with Crippen molar-refractivity contribution in [3.8, 4) is 0 Å². The molecule has 28 heavy (non-hydrogen) atoms. The van der Waals surface area contributed by atoms with Gasteiger partial charge in [0.05, 0.1) is 26.5 Å². The summed E-state index contributed by atoms with van der Waals surface area (Å²) in [6.07, 6.45) is 2.00. The molecule has 1 atom stereocenters. The molecule has 1 aromatic carbocycles. The van der Waals surface area contributed by atoms with Crippen molar-refractivity contribution >= 4 is 51.1 Å². The highest BCUT2D eigenvalue weighted by Crippen LogP contribution is 2.37. The second kappa shape index (κ2) is 8.07. The molecule has 1 aliphatic heterocycles. The summed E-state index contributed by atoms with van der Waals surface area (Å²) in [7, 11) is 0. The van der Waals surface area contributed by atoms with Crippen molar-refractivity contribution in [1.29, 1.82) is 0 Å². The Balaban J connectivity index is 1.53. The van der Waals surface area contributed by atoms with Crippen LogP contribution in [-0.2, 0) is 0 Å². The molecular formula is C21H19ClN2O2S2. The second-order valence-electron chi connectivity index (χ2n) is 6.77. The molecule has 0 spiro atoms. The minimum absolute atomic E-state index is 0.0365. The fourth-order valence-corrected chi connectivity index (χ4v) is 5.48. The molecule has 4 rings (SSSR count). The molecule has 0 bridgehead atoms. The molecule has 1 saturated heterocycles. The maximum Gasteiger partial charge on any atom is 0.264 e. The Labute approximate surface area is 176 Å². The van der Waals surface area contributed by atoms with Gasteiger partial charge in [0.2, 0.25) is 0 Å². The number of aryl methyl sites for hydroxylation is 1. The minimum atomic E-state index is -0.275. The number of nitrogens with one attached hydrogen (secondary N) is 1. The summed E-state index contributed by atoms with van der Waals surface area (Å²) in [5.74, 6) is -0.238. The number of halogens is 1. The van der Waals surface area contributed by atoms with Crippen molar-refractivity contribution < 1.29 is 9.59 Å². The summed E-state index contributed by atoms with van der Waals surface area (Å²) >= 11 is 9.08. The Kier molecular flexibility index (Phi) is 5.53. The summed E-state index contributed by atoms with van der Waals surface area (Å²) in [6.45, 7) is 2.67. The number of thiophene rings is 2. The maximum absolute atomic E-state index is 13.2.